The Morgan fingerprint density at radius 2 is 1.00 bits per heavy atom. The first-order chi connectivity index (χ1) is 19.3. The molecule has 8 aromatic rings. The summed E-state index contributed by atoms with van der Waals surface area (Å²) < 4.78 is 6.19. The highest BCUT2D eigenvalue weighted by atomic mass is 16.3. The molecule has 0 amide bonds. The Hall–Kier alpha value is -5.28. The summed E-state index contributed by atoms with van der Waals surface area (Å²) in [5, 5.41) is 4.40. The van der Waals surface area contributed by atoms with Gasteiger partial charge in [-0.05, 0) is 35.4 Å². The summed E-state index contributed by atoms with van der Waals surface area (Å²) in [7, 11) is 0. The fraction of sp³-hybridized carbons (Fsp3) is 0. The topological polar surface area (TPSA) is 38.9 Å². The van der Waals surface area contributed by atoms with Gasteiger partial charge in [0.15, 0.2) is 0 Å². The normalized spacial score (nSPS) is 11.6. The number of hydrogen-bond donors (Lipinski definition) is 0. The highest BCUT2D eigenvalue weighted by Gasteiger charge is 2.16. The second-order valence-electron chi connectivity index (χ2n) is 9.79. The van der Waals surface area contributed by atoms with E-state index in [0.29, 0.717) is 0 Å². The fourth-order valence-corrected chi connectivity index (χ4v) is 5.63. The van der Waals surface area contributed by atoms with Gasteiger partial charge in [0, 0.05) is 32.7 Å². The van der Waals surface area contributed by atoms with Crippen LogP contribution in [0.5, 0.6) is 0 Å². The van der Waals surface area contributed by atoms with Crippen molar-refractivity contribution in [2.24, 2.45) is 0 Å². The van der Waals surface area contributed by atoms with Gasteiger partial charge in [-0.3, -0.25) is 0 Å². The molecule has 0 N–H and O–H groups in total. The number of furan rings is 1. The fourth-order valence-electron chi connectivity index (χ4n) is 5.63. The molecule has 3 heteroatoms. The molecule has 39 heavy (non-hydrogen) atoms. The van der Waals surface area contributed by atoms with Crippen molar-refractivity contribution < 1.29 is 4.42 Å². The summed E-state index contributed by atoms with van der Waals surface area (Å²) in [5.74, 6) is 0. The van der Waals surface area contributed by atoms with E-state index < -0.39 is 0 Å². The van der Waals surface area contributed by atoms with Crippen molar-refractivity contribution >= 4 is 43.7 Å². The lowest BCUT2D eigenvalue weighted by Crippen LogP contribution is -1.92. The maximum atomic E-state index is 6.19. The van der Waals surface area contributed by atoms with E-state index in [0.717, 1.165) is 77.4 Å². The SMILES string of the molecule is c1ccc(-c2ccc3ccc4ccc(-c5ccccc5-c5cccc6oc7ccccc7c56)nc4c3n2)cc1. The monoisotopic (exact) mass is 498 g/mol. The lowest BCUT2D eigenvalue weighted by atomic mass is 9.93. The Morgan fingerprint density at radius 3 is 1.82 bits per heavy atom. The molecule has 0 radical (unpaired) electrons. The van der Waals surface area contributed by atoms with Crippen molar-refractivity contribution in [1.82, 2.24) is 9.97 Å². The van der Waals surface area contributed by atoms with Crippen molar-refractivity contribution in [3.8, 4) is 33.6 Å². The molecule has 0 bridgehead atoms. The van der Waals surface area contributed by atoms with Crippen molar-refractivity contribution in [2.45, 2.75) is 0 Å². The standard InChI is InChI=1S/C36H22N2O/c1-2-9-23(10-3-1)30-21-19-24-17-18-25-20-22-31(38-36(25)35(24)37-30)27-12-5-4-11-26(27)28-14-8-16-33-34(28)29-13-6-7-15-32(29)39-33/h1-22H. The Labute approximate surface area is 225 Å². The number of benzene rings is 5. The lowest BCUT2D eigenvalue weighted by molar-refractivity contribution is 0.669. The van der Waals surface area contributed by atoms with Gasteiger partial charge in [-0.1, -0.05) is 109 Å². The molecular weight excluding hydrogens is 476 g/mol. The maximum Gasteiger partial charge on any atom is 0.136 e. The smallest absolute Gasteiger partial charge is 0.136 e. The van der Waals surface area contributed by atoms with Crippen LogP contribution in [0.15, 0.2) is 138 Å². The third kappa shape index (κ3) is 3.52. The van der Waals surface area contributed by atoms with E-state index in [9.17, 15) is 0 Å². The zero-order valence-corrected chi connectivity index (χ0v) is 21.0. The van der Waals surface area contributed by atoms with E-state index in [1.807, 2.05) is 36.4 Å². The maximum absolute atomic E-state index is 6.19. The van der Waals surface area contributed by atoms with Crippen LogP contribution in [-0.4, -0.2) is 9.97 Å². The molecule has 0 aliphatic carbocycles. The Balaban J connectivity index is 1.36. The van der Waals surface area contributed by atoms with Gasteiger partial charge >= 0.3 is 0 Å². The number of rotatable bonds is 3. The van der Waals surface area contributed by atoms with Gasteiger partial charge in [0.25, 0.3) is 0 Å². The summed E-state index contributed by atoms with van der Waals surface area (Å²) in [4.78, 5) is 10.3. The number of pyridine rings is 2. The first-order valence-corrected chi connectivity index (χ1v) is 13.1. The molecule has 3 aromatic heterocycles. The first-order valence-electron chi connectivity index (χ1n) is 13.1. The largest absolute Gasteiger partial charge is 0.456 e. The minimum atomic E-state index is 0.888. The van der Waals surface area contributed by atoms with E-state index in [2.05, 4.69) is 97.1 Å². The number of para-hydroxylation sites is 1. The van der Waals surface area contributed by atoms with E-state index >= 15 is 0 Å². The molecule has 182 valence electrons. The average Bonchev–Trinajstić information content (AvgIpc) is 3.40. The number of hydrogen-bond acceptors (Lipinski definition) is 3. The highest BCUT2D eigenvalue weighted by Crippen LogP contribution is 2.40. The summed E-state index contributed by atoms with van der Waals surface area (Å²) in [5.41, 5.74) is 9.90. The zero-order valence-electron chi connectivity index (χ0n) is 21.0. The van der Waals surface area contributed by atoms with Gasteiger partial charge in [0.05, 0.1) is 22.4 Å². The predicted molar refractivity (Wildman–Crippen MR) is 161 cm³/mol. The van der Waals surface area contributed by atoms with Crippen molar-refractivity contribution in [3.63, 3.8) is 0 Å². The van der Waals surface area contributed by atoms with Gasteiger partial charge < -0.3 is 4.42 Å². The molecule has 0 fully saturated rings. The Morgan fingerprint density at radius 1 is 0.410 bits per heavy atom. The van der Waals surface area contributed by atoms with Crippen molar-refractivity contribution in [3.05, 3.63) is 133 Å². The molecular formula is C36H22N2O. The van der Waals surface area contributed by atoms with Crippen LogP contribution in [0.2, 0.25) is 0 Å². The molecule has 0 atom stereocenters. The summed E-state index contributed by atoms with van der Waals surface area (Å²) in [6.45, 7) is 0. The molecule has 5 aromatic carbocycles. The number of nitrogens with zero attached hydrogens (tertiary/aromatic N) is 2. The van der Waals surface area contributed by atoms with Crippen LogP contribution in [0.4, 0.5) is 0 Å². The molecule has 0 unspecified atom stereocenters. The quantitative estimate of drug-likeness (QED) is 0.228. The third-order valence-electron chi connectivity index (χ3n) is 7.48. The van der Waals surface area contributed by atoms with E-state index in [-0.39, 0.29) is 0 Å². The minimum absolute atomic E-state index is 0.888. The minimum Gasteiger partial charge on any atom is -0.456 e. The lowest BCUT2D eigenvalue weighted by Gasteiger charge is -2.12. The van der Waals surface area contributed by atoms with Crippen LogP contribution in [0.1, 0.15) is 0 Å². The molecule has 0 saturated heterocycles. The van der Waals surface area contributed by atoms with Crippen LogP contribution in [0.25, 0.3) is 77.4 Å². The van der Waals surface area contributed by atoms with Crippen LogP contribution in [0.3, 0.4) is 0 Å². The van der Waals surface area contributed by atoms with Crippen LogP contribution in [-0.2, 0) is 0 Å². The molecule has 0 saturated carbocycles. The van der Waals surface area contributed by atoms with Crippen molar-refractivity contribution in [1.29, 1.82) is 0 Å². The molecule has 3 heterocycles. The average molecular weight is 499 g/mol. The van der Waals surface area contributed by atoms with Crippen molar-refractivity contribution in [2.75, 3.05) is 0 Å². The summed E-state index contributed by atoms with van der Waals surface area (Å²) >= 11 is 0. The van der Waals surface area contributed by atoms with Gasteiger partial charge in [-0.25, -0.2) is 9.97 Å². The number of aromatic nitrogens is 2. The van der Waals surface area contributed by atoms with E-state index in [1.54, 1.807) is 0 Å². The van der Waals surface area contributed by atoms with Crippen LogP contribution in [0, 0.1) is 0 Å². The first kappa shape index (κ1) is 21.8. The summed E-state index contributed by atoms with van der Waals surface area (Å²) in [6.07, 6.45) is 0. The second kappa shape index (κ2) is 8.64. The van der Waals surface area contributed by atoms with E-state index in [1.165, 1.54) is 0 Å². The molecule has 8 rings (SSSR count). The van der Waals surface area contributed by atoms with Gasteiger partial charge in [-0.2, -0.15) is 0 Å². The third-order valence-corrected chi connectivity index (χ3v) is 7.48. The van der Waals surface area contributed by atoms with E-state index in [4.69, 9.17) is 14.4 Å². The second-order valence-corrected chi connectivity index (χ2v) is 9.79. The predicted octanol–water partition coefficient (Wildman–Crippen LogP) is 9.68. The zero-order chi connectivity index (χ0) is 25.8. The molecule has 0 aliphatic heterocycles. The Kier molecular flexibility index (Phi) is 4.82. The summed E-state index contributed by atoms with van der Waals surface area (Å²) in [6, 6.07) is 46.0. The van der Waals surface area contributed by atoms with Crippen LogP contribution >= 0.6 is 0 Å². The van der Waals surface area contributed by atoms with Gasteiger partial charge in [0.1, 0.15) is 11.2 Å². The number of fused-ring (bicyclic) bond motifs is 6. The van der Waals surface area contributed by atoms with Gasteiger partial charge in [-0.15, -0.1) is 0 Å². The van der Waals surface area contributed by atoms with Gasteiger partial charge in [0.2, 0.25) is 0 Å². The highest BCUT2D eigenvalue weighted by molar-refractivity contribution is 6.13. The molecule has 3 nitrogen and oxygen atoms in total. The molecule has 0 aliphatic rings. The molecule has 0 spiro atoms. The Bertz CT molecular complexity index is 2180. The van der Waals surface area contributed by atoms with Crippen LogP contribution < -0.4 is 0 Å².